The van der Waals surface area contributed by atoms with Gasteiger partial charge in [0.1, 0.15) is 5.82 Å². The van der Waals surface area contributed by atoms with Gasteiger partial charge in [0.25, 0.3) is 0 Å². The van der Waals surface area contributed by atoms with Gasteiger partial charge in [-0.3, -0.25) is 4.68 Å². The maximum absolute atomic E-state index is 13.4. The summed E-state index contributed by atoms with van der Waals surface area (Å²) >= 11 is 0. The maximum atomic E-state index is 13.4. The third-order valence-corrected chi connectivity index (χ3v) is 2.47. The highest BCUT2D eigenvalue weighted by Crippen LogP contribution is 2.19. The van der Waals surface area contributed by atoms with Gasteiger partial charge in [-0.05, 0) is 12.1 Å². The number of carboxylic acid groups (broad SMARTS) is 1. The number of aromatic nitrogens is 2. The second kappa shape index (κ2) is 4.50. The summed E-state index contributed by atoms with van der Waals surface area (Å²) in [6.45, 7) is 0.946. The normalized spacial score (nSPS) is 10.9. The number of halogens is 1. The summed E-state index contributed by atoms with van der Waals surface area (Å²) in [6, 6.07) is 2.46. The van der Waals surface area contributed by atoms with Crippen LogP contribution in [-0.2, 0) is 11.3 Å². The van der Waals surface area contributed by atoms with Crippen LogP contribution in [0.1, 0.15) is 10.4 Å². The van der Waals surface area contributed by atoms with Crippen molar-refractivity contribution in [2.24, 2.45) is 0 Å². The van der Waals surface area contributed by atoms with E-state index in [1.807, 2.05) is 0 Å². The van der Waals surface area contributed by atoms with Crippen molar-refractivity contribution < 1.29 is 19.0 Å². The van der Waals surface area contributed by atoms with E-state index in [0.29, 0.717) is 24.1 Å². The van der Waals surface area contributed by atoms with Crippen LogP contribution in [0.3, 0.4) is 0 Å². The number of benzene rings is 1. The second-order valence-corrected chi connectivity index (χ2v) is 3.56. The molecule has 0 saturated heterocycles. The molecule has 0 bridgehead atoms. The number of rotatable bonds is 4. The van der Waals surface area contributed by atoms with Crippen LogP contribution in [0.25, 0.3) is 10.9 Å². The van der Waals surface area contributed by atoms with E-state index in [-0.39, 0.29) is 5.56 Å². The summed E-state index contributed by atoms with van der Waals surface area (Å²) in [5, 5.41) is 13.5. The standard InChI is InChI=1S/C11H11FN2O3/c1-17-3-2-14-10-5-8(11(15)16)9(12)4-7(10)6-13-14/h4-6H,2-3H2,1H3,(H,15,16). The molecular weight excluding hydrogens is 227 g/mol. The van der Waals surface area contributed by atoms with Gasteiger partial charge in [0.15, 0.2) is 0 Å². The summed E-state index contributed by atoms with van der Waals surface area (Å²) in [5.41, 5.74) is 0.234. The number of carbonyl (C=O) groups is 1. The van der Waals surface area contributed by atoms with Crippen molar-refractivity contribution in [3.63, 3.8) is 0 Å². The lowest BCUT2D eigenvalue weighted by molar-refractivity contribution is 0.0692. The van der Waals surface area contributed by atoms with Crippen molar-refractivity contribution in [2.45, 2.75) is 6.54 Å². The Bertz CT molecular complexity index is 565. The van der Waals surface area contributed by atoms with Crippen molar-refractivity contribution in [1.29, 1.82) is 0 Å². The van der Waals surface area contributed by atoms with Crippen LogP contribution in [0.2, 0.25) is 0 Å². The summed E-state index contributed by atoms with van der Waals surface area (Å²) in [5.74, 6) is -2.04. The molecule has 0 unspecified atom stereocenters. The Kier molecular flexibility index (Phi) is 3.06. The monoisotopic (exact) mass is 238 g/mol. The highest BCUT2D eigenvalue weighted by atomic mass is 19.1. The van der Waals surface area contributed by atoms with E-state index in [1.165, 1.54) is 18.3 Å². The number of carboxylic acids is 1. The second-order valence-electron chi connectivity index (χ2n) is 3.56. The molecule has 0 atom stereocenters. The molecule has 1 aromatic heterocycles. The summed E-state index contributed by atoms with van der Waals surface area (Å²) in [7, 11) is 1.56. The largest absolute Gasteiger partial charge is 0.478 e. The van der Waals surface area contributed by atoms with Gasteiger partial charge in [-0.15, -0.1) is 0 Å². The first kappa shape index (κ1) is 11.5. The lowest BCUT2D eigenvalue weighted by atomic mass is 10.1. The van der Waals surface area contributed by atoms with Crippen molar-refractivity contribution in [3.8, 4) is 0 Å². The van der Waals surface area contributed by atoms with Gasteiger partial charge in [-0.1, -0.05) is 0 Å². The van der Waals surface area contributed by atoms with Gasteiger partial charge in [0.2, 0.25) is 0 Å². The molecule has 0 aliphatic rings. The van der Waals surface area contributed by atoms with E-state index >= 15 is 0 Å². The van der Waals surface area contributed by atoms with Crippen molar-refractivity contribution in [1.82, 2.24) is 9.78 Å². The highest BCUT2D eigenvalue weighted by Gasteiger charge is 2.14. The van der Waals surface area contributed by atoms with Gasteiger partial charge >= 0.3 is 5.97 Å². The average molecular weight is 238 g/mol. The van der Waals surface area contributed by atoms with Crippen LogP contribution in [0, 0.1) is 5.82 Å². The van der Waals surface area contributed by atoms with Gasteiger partial charge in [-0.2, -0.15) is 5.10 Å². The Morgan fingerprint density at radius 1 is 1.59 bits per heavy atom. The van der Waals surface area contributed by atoms with E-state index in [1.54, 1.807) is 11.8 Å². The van der Waals surface area contributed by atoms with Gasteiger partial charge < -0.3 is 9.84 Å². The molecule has 0 radical (unpaired) electrons. The van der Waals surface area contributed by atoms with Crippen LogP contribution < -0.4 is 0 Å². The maximum Gasteiger partial charge on any atom is 0.338 e. The van der Waals surface area contributed by atoms with Crippen molar-refractivity contribution >= 4 is 16.9 Å². The quantitative estimate of drug-likeness (QED) is 0.877. The Balaban J connectivity index is 2.51. The van der Waals surface area contributed by atoms with E-state index in [9.17, 15) is 9.18 Å². The predicted molar refractivity (Wildman–Crippen MR) is 58.5 cm³/mol. The van der Waals surface area contributed by atoms with E-state index in [2.05, 4.69) is 5.10 Å². The fourth-order valence-corrected chi connectivity index (χ4v) is 1.62. The third-order valence-electron chi connectivity index (χ3n) is 2.47. The predicted octanol–water partition coefficient (Wildman–Crippen LogP) is 1.52. The van der Waals surface area contributed by atoms with Crippen LogP contribution in [0.4, 0.5) is 4.39 Å². The van der Waals surface area contributed by atoms with Crippen LogP contribution in [-0.4, -0.2) is 34.6 Å². The number of nitrogens with zero attached hydrogens (tertiary/aromatic N) is 2. The summed E-state index contributed by atoms with van der Waals surface area (Å²) in [4.78, 5) is 10.8. The Morgan fingerprint density at radius 3 is 3.00 bits per heavy atom. The zero-order valence-electron chi connectivity index (χ0n) is 9.18. The lowest BCUT2D eigenvalue weighted by Crippen LogP contribution is -2.06. The van der Waals surface area contributed by atoms with Crippen molar-refractivity contribution in [3.05, 3.63) is 29.7 Å². The lowest BCUT2D eigenvalue weighted by Gasteiger charge is -2.03. The topological polar surface area (TPSA) is 64.4 Å². The molecule has 6 heteroatoms. The first-order chi connectivity index (χ1) is 8.13. The van der Waals surface area contributed by atoms with Gasteiger partial charge in [0, 0.05) is 12.5 Å². The molecule has 1 aromatic carbocycles. The van der Waals surface area contributed by atoms with E-state index in [0.717, 1.165) is 0 Å². The van der Waals surface area contributed by atoms with Crippen molar-refractivity contribution in [2.75, 3.05) is 13.7 Å². The Hall–Kier alpha value is -1.95. The number of aromatic carboxylic acids is 1. The smallest absolute Gasteiger partial charge is 0.338 e. The fraction of sp³-hybridized carbons (Fsp3) is 0.273. The van der Waals surface area contributed by atoms with Gasteiger partial charge in [-0.25, -0.2) is 9.18 Å². The van der Waals surface area contributed by atoms with Gasteiger partial charge in [0.05, 0.1) is 30.4 Å². The molecule has 1 heterocycles. The van der Waals surface area contributed by atoms with Crippen LogP contribution in [0.15, 0.2) is 18.3 Å². The molecular formula is C11H11FN2O3. The number of ether oxygens (including phenoxy) is 1. The first-order valence-electron chi connectivity index (χ1n) is 5.01. The average Bonchev–Trinajstić information content (AvgIpc) is 2.67. The molecule has 0 saturated carbocycles. The molecule has 0 fully saturated rings. The molecule has 2 rings (SSSR count). The van der Waals surface area contributed by atoms with Crippen LogP contribution in [0.5, 0.6) is 0 Å². The number of hydrogen-bond donors (Lipinski definition) is 1. The molecule has 5 nitrogen and oxygen atoms in total. The van der Waals surface area contributed by atoms with Crippen LogP contribution >= 0.6 is 0 Å². The minimum absolute atomic E-state index is 0.350. The minimum Gasteiger partial charge on any atom is -0.478 e. The molecule has 90 valence electrons. The molecule has 0 amide bonds. The highest BCUT2D eigenvalue weighted by molar-refractivity contribution is 5.93. The SMILES string of the molecule is COCCn1ncc2cc(F)c(C(=O)O)cc21. The third kappa shape index (κ3) is 2.12. The van der Waals surface area contributed by atoms with E-state index in [4.69, 9.17) is 9.84 Å². The minimum atomic E-state index is -1.29. The number of methoxy groups -OCH3 is 1. The zero-order chi connectivity index (χ0) is 12.4. The Labute approximate surface area is 96.4 Å². The molecule has 0 aliphatic heterocycles. The first-order valence-corrected chi connectivity index (χ1v) is 5.01. The molecule has 0 aliphatic carbocycles. The zero-order valence-corrected chi connectivity index (χ0v) is 9.18. The summed E-state index contributed by atoms with van der Waals surface area (Å²) < 4.78 is 19.9. The molecule has 1 N–H and O–H groups in total. The summed E-state index contributed by atoms with van der Waals surface area (Å²) in [6.07, 6.45) is 1.50. The fourth-order valence-electron chi connectivity index (χ4n) is 1.62. The number of fused-ring (bicyclic) bond motifs is 1. The number of hydrogen-bond acceptors (Lipinski definition) is 3. The molecule has 0 spiro atoms. The van der Waals surface area contributed by atoms with E-state index < -0.39 is 11.8 Å². The molecule has 2 aromatic rings. The Morgan fingerprint density at radius 2 is 2.35 bits per heavy atom. The molecule has 17 heavy (non-hydrogen) atoms.